The normalized spacial score (nSPS) is 20.3. The van der Waals surface area contributed by atoms with E-state index >= 15 is 0 Å². The summed E-state index contributed by atoms with van der Waals surface area (Å²) in [5.74, 6) is 0.0140. The van der Waals surface area contributed by atoms with Crippen LogP contribution >= 0.6 is 0 Å². The maximum Gasteiger partial charge on any atom is 0.323 e. The van der Waals surface area contributed by atoms with E-state index in [4.69, 9.17) is 0 Å². The van der Waals surface area contributed by atoms with Crippen LogP contribution in [0.4, 0.5) is 5.69 Å². The number of carbonyl (C=O) groups is 2. The highest BCUT2D eigenvalue weighted by molar-refractivity contribution is 5.96. The van der Waals surface area contributed by atoms with E-state index in [0.717, 1.165) is 39.0 Å². The number of imidazole rings is 1. The van der Waals surface area contributed by atoms with E-state index in [1.807, 2.05) is 13.8 Å². The number of benzene rings is 1. The summed E-state index contributed by atoms with van der Waals surface area (Å²) in [5, 5.41) is 5.99. The maximum atomic E-state index is 12.7. The van der Waals surface area contributed by atoms with Gasteiger partial charge in [0.1, 0.15) is 0 Å². The van der Waals surface area contributed by atoms with Crippen LogP contribution in [0.2, 0.25) is 0 Å². The molecule has 2 atom stereocenters. The Balaban J connectivity index is 1.29. The summed E-state index contributed by atoms with van der Waals surface area (Å²) in [6.45, 7) is 6.83. The lowest BCUT2D eigenvalue weighted by atomic mass is 10.1. The number of carbonyl (C=O) groups excluding carboxylic acids is 2. The Morgan fingerprint density at radius 2 is 1.55 bits per heavy atom. The third-order valence-corrected chi connectivity index (χ3v) is 5.91. The number of H-pyrrole nitrogens is 2. The molecule has 4 N–H and O–H groups in total. The molecule has 9 nitrogen and oxygen atoms in total. The van der Waals surface area contributed by atoms with Crippen molar-refractivity contribution in [3.8, 4) is 0 Å². The van der Waals surface area contributed by atoms with Gasteiger partial charge in [0, 0.05) is 37.9 Å². The predicted molar refractivity (Wildman–Crippen MR) is 111 cm³/mol. The molecule has 2 heterocycles. The van der Waals surface area contributed by atoms with Crippen molar-refractivity contribution < 1.29 is 9.59 Å². The molecule has 1 saturated carbocycles. The molecule has 0 unspecified atom stereocenters. The fourth-order valence-electron chi connectivity index (χ4n) is 3.75. The fourth-order valence-corrected chi connectivity index (χ4v) is 3.75. The second-order valence-electron chi connectivity index (χ2n) is 8.04. The quantitative estimate of drug-likeness (QED) is 0.563. The molecule has 2 aliphatic rings. The van der Waals surface area contributed by atoms with E-state index < -0.39 is 0 Å². The van der Waals surface area contributed by atoms with Crippen molar-refractivity contribution in [2.45, 2.75) is 44.8 Å². The van der Waals surface area contributed by atoms with Gasteiger partial charge >= 0.3 is 5.69 Å². The number of amides is 2. The summed E-state index contributed by atoms with van der Waals surface area (Å²) < 4.78 is 0. The van der Waals surface area contributed by atoms with Crippen LogP contribution in [0.15, 0.2) is 23.0 Å². The SMILES string of the molecule is C[C@H](C(=O)NC1CC1)N1CCN([C@@H](C)C(=O)Nc2ccc3[nH]c(=O)[nH]c3c2)CC1. The van der Waals surface area contributed by atoms with Gasteiger partial charge in [0.25, 0.3) is 0 Å². The number of nitrogens with one attached hydrogen (secondary N) is 4. The zero-order valence-electron chi connectivity index (χ0n) is 16.8. The molecule has 0 spiro atoms. The highest BCUT2D eigenvalue weighted by atomic mass is 16.2. The molecule has 4 rings (SSSR count). The molecule has 1 aromatic carbocycles. The van der Waals surface area contributed by atoms with Gasteiger partial charge in [-0.1, -0.05) is 0 Å². The Bertz CT molecular complexity index is 955. The van der Waals surface area contributed by atoms with Crippen molar-refractivity contribution in [1.29, 1.82) is 0 Å². The van der Waals surface area contributed by atoms with Gasteiger partial charge in [0.05, 0.1) is 23.1 Å². The molecule has 9 heteroatoms. The van der Waals surface area contributed by atoms with Gasteiger partial charge < -0.3 is 20.6 Å². The molecule has 0 radical (unpaired) electrons. The number of nitrogens with zero attached hydrogens (tertiary/aromatic N) is 2. The molecule has 2 aromatic rings. The van der Waals surface area contributed by atoms with Gasteiger partial charge in [0.15, 0.2) is 0 Å². The van der Waals surface area contributed by atoms with Gasteiger partial charge in [-0.05, 0) is 44.9 Å². The molecular weight excluding hydrogens is 372 g/mol. The van der Waals surface area contributed by atoms with Crippen molar-refractivity contribution in [2.75, 3.05) is 31.5 Å². The summed E-state index contributed by atoms with van der Waals surface area (Å²) in [5.41, 5.74) is 1.74. The first-order valence-corrected chi connectivity index (χ1v) is 10.2. The summed E-state index contributed by atoms with van der Waals surface area (Å²) in [4.78, 5) is 46.0. The number of hydrogen-bond donors (Lipinski definition) is 4. The van der Waals surface area contributed by atoms with Crippen molar-refractivity contribution in [3.63, 3.8) is 0 Å². The average Bonchev–Trinajstić information content (AvgIpc) is 3.45. The molecule has 1 aromatic heterocycles. The maximum absolute atomic E-state index is 12.7. The van der Waals surface area contributed by atoms with Crippen LogP contribution in [0.3, 0.4) is 0 Å². The Hall–Kier alpha value is -2.65. The smallest absolute Gasteiger partial charge is 0.323 e. The van der Waals surface area contributed by atoms with Gasteiger partial charge in [-0.3, -0.25) is 19.4 Å². The lowest BCUT2D eigenvalue weighted by molar-refractivity contribution is -0.128. The molecule has 2 fully saturated rings. The van der Waals surface area contributed by atoms with Crippen molar-refractivity contribution in [1.82, 2.24) is 25.1 Å². The molecule has 1 aliphatic heterocycles. The Kier molecular flexibility index (Phi) is 5.42. The van der Waals surface area contributed by atoms with E-state index in [1.54, 1.807) is 18.2 Å². The van der Waals surface area contributed by atoms with Crippen molar-refractivity contribution in [3.05, 3.63) is 28.7 Å². The van der Waals surface area contributed by atoms with Crippen LogP contribution in [0.5, 0.6) is 0 Å². The third-order valence-electron chi connectivity index (χ3n) is 5.91. The number of aromatic nitrogens is 2. The van der Waals surface area contributed by atoms with Crippen LogP contribution in [-0.4, -0.2) is 75.9 Å². The first-order valence-electron chi connectivity index (χ1n) is 10.2. The van der Waals surface area contributed by atoms with E-state index in [1.165, 1.54) is 0 Å². The van der Waals surface area contributed by atoms with Crippen LogP contribution in [0.25, 0.3) is 11.0 Å². The molecule has 1 aliphatic carbocycles. The molecule has 2 amide bonds. The largest absolute Gasteiger partial charge is 0.352 e. The van der Waals surface area contributed by atoms with Crippen LogP contribution in [0, 0.1) is 0 Å². The Labute approximate surface area is 168 Å². The Morgan fingerprint density at radius 1 is 0.966 bits per heavy atom. The second-order valence-corrected chi connectivity index (χ2v) is 8.04. The summed E-state index contributed by atoms with van der Waals surface area (Å²) in [6, 6.07) is 5.23. The Morgan fingerprint density at radius 3 is 2.17 bits per heavy atom. The third kappa shape index (κ3) is 4.51. The molecule has 1 saturated heterocycles. The monoisotopic (exact) mass is 400 g/mol. The summed E-state index contributed by atoms with van der Waals surface area (Å²) in [6.07, 6.45) is 2.18. The highest BCUT2D eigenvalue weighted by Gasteiger charge is 2.32. The minimum Gasteiger partial charge on any atom is -0.352 e. The first kappa shape index (κ1) is 19.7. The van der Waals surface area contributed by atoms with Crippen LogP contribution < -0.4 is 16.3 Å². The van der Waals surface area contributed by atoms with Gasteiger partial charge in [-0.15, -0.1) is 0 Å². The number of anilines is 1. The molecule has 0 bridgehead atoms. The number of piperazine rings is 1. The summed E-state index contributed by atoms with van der Waals surface area (Å²) in [7, 11) is 0. The van der Waals surface area contributed by atoms with Gasteiger partial charge in [-0.25, -0.2) is 4.79 Å². The second kappa shape index (κ2) is 8.00. The van der Waals surface area contributed by atoms with Crippen molar-refractivity contribution in [2.24, 2.45) is 0 Å². The number of rotatable bonds is 6. The molecule has 29 heavy (non-hydrogen) atoms. The van der Waals surface area contributed by atoms with E-state index in [2.05, 4.69) is 30.4 Å². The zero-order chi connectivity index (χ0) is 20.5. The number of aromatic amines is 2. The summed E-state index contributed by atoms with van der Waals surface area (Å²) >= 11 is 0. The minimum atomic E-state index is -0.284. The topological polar surface area (TPSA) is 113 Å². The van der Waals surface area contributed by atoms with E-state index in [0.29, 0.717) is 22.8 Å². The van der Waals surface area contributed by atoms with Gasteiger partial charge in [-0.2, -0.15) is 0 Å². The minimum absolute atomic E-state index is 0.0878. The standard InChI is InChI=1S/C20H28N6O3/c1-12(18(27)21-14-3-4-14)25-7-9-26(10-8-25)13(2)19(28)22-15-5-6-16-17(11-15)24-20(29)23-16/h5-6,11-14H,3-4,7-10H2,1-2H3,(H,21,27)(H,22,28)(H2,23,24,29)/t12-,13+/m1/s1. The highest BCUT2D eigenvalue weighted by Crippen LogP contribution is 2.20. The fraction of sp³-hybridized carbons (Fsp3) is 0.550. The van der Waals surface area contributed by atoms with E-state index in [-0.39, 0.29) is 29.6 Å². The predicted octanol–water partition coefficient (Wildman–Crippen LogP) is 0.468. The molecular formula is C20H28N6O3. The average molecular weight is 400 g/mol. The van der Waals surface area contributed by atoms with Crippen LogP contribution in [-0.2, 0) is 9.59 Å². The lowest BCUT2D eigenvalue weighted by Gasteiger charge is -2.39. The lowest BCUT2D eigenvalue weighted by Crippen LogP contribution is -2.57. The first-order chi connectivity index (χ1) is 13.9. The number of fused-ring (bicyclic) bond motifs is 1. The van der Waals surface area contributed by atoms with Crippen molar-refractivity contribution >= 4 is 28.5 Å². The van der Waals surface area contributed by atoms with Crippen LogP contribution in [0.1, 0.15) is 26.7 Å². The molecule has 156 valence electrons. The number of hydrogen-bond acceptors (Lipinski definition) is 5. The van der Waals surface area contributed by atoms with Gasteiger partial charge in [0.2, 0.25) is 11.8 Å². The van der Waals surface area contributed by atoms with E-state index in [9.17, 15) is 14.4 Å². The zero-order valence-corrected chi connectivity index (χ0v) is 16.8.